The van der Waals surface area contributed by atoms with Crippen molar-refractivity contribution in [3.05, 3.63) is 72.8 Å². The van der Waals surface area contributed by atoms with E-state index < -0.39 is 0 Å². The van der Waals surface area contributed by atoms with Gasteiger partial charge in [0, 0.05) is 16.8 Å². The van der Waals surface area contributed by atoms with E-state index in [1.807, 2.05) is 11.8 Å². The quantitative estimate of drug-likeness (QED) is 0.575. The van der Waals surface area contributed by atoms with Gasteiger partial charge in [0.15, 0.2) is 0 Å². The molecule has 1 aliphatic heterocycles. The van der Waals surface area contributed by atoms with E-state index in [2.05, 4.69) is 84.7 Å². The summed E-state index contributed by atoms with van der Waals surface area (Å²) in [5.41, 5.74) is 5.10. The molecule has 0 bridgehead atoms. The van der Waals surface area contributed by atoms with Crippen molar-refractivity contribution in [3.8, 4) is 11.1 Å². The summed E-state index contributed by atoms with van der Waals surface area (Å²) >= 11 is 1.85. The Morgan fingerprint density at radius 2 is 1.38 bits per heavy atom. The molecule has 0 fully saturated rings. The van der Waals surface area contributed by atoms with Crippen molar-refractivity contribution in [1.82, 2.24) is 0 Å². The molecule has 0 aromatic heterocycles. The Balaban J connectivity index is 1.81. The van der Waals surface area contributed by atoms with E-state index in [1.54, 1.807) is 0 Å². The molecule has 1 aliphatic rings. The molecule has 0 N–H and O–H groups in total. The highest BCUT2D eigenvalue weighted by atomic mass is 32.2. The Morgan fingerprint density at radius 1 is 0.667 bits per heavy atom. The summed E-state index contributed by atoms with van der Waals surface area (Å²) in [5, 5.41) is 0. The SMILES string of the molecule is CN1c2ccccc2Sc2cc(-c3ccccc3)ccc21. The van der Waals surface area contributed by atoms with E-state index in [4.69, 9.17) is 0 Å². The first kappa shape index (κ1) is 12.5. The Labute approximate surface area is 129 Å². The molecule has 0 amide bonds. The summed E-state index contributed by atoms with van der Waals surface area (Å²) in [6.07, 6.45) is 0. The average molecular weight is 289 g/mol. The molecule has 2 heteroatoms. The Bertz CT molecular complexity index is 796. The topological polar surface area (TPSA) is 3.24 Å². The molecule has 102 valence electrons. The van der Waals surface area contributed by atoms with Gasteiger partial charge in [0.05, 0.1) is 11.4 Å². The molecule has 0 aliphatic carbocycles. The summed E-state index contributed by atoms with van der Waals surface area (Å²) in [6.45, 7) is 0. The predicted molar refractivity (Wildman–Crippen MR) is 90.5 cm³/mol. The Morgan fingerprint density at radius 3 is 2.24 bits per heavy atom. The Kier molecular flexibility index (Phi) is 2.97. The van der Waals surface area contributed by atoms with Crippen LogP contribution in [0.1, 0.15) is 0 Å². The van der Waals surface area contributed by atoms with E-state index in [-0.39, 0.29) is 0 Å². The lowest BCUT2D eigenvalue weighted by atomic mass is 10.1. The second-order valence-corrected chi connectivity index (χ2v) is 6.26. The number of hydrogen-bond acceptors (Lipinski definition) is 2. The molecule has 4 rings (SSSR count). The highest BCUT2D eigenvalue weighted by Crippen LogP contribution is 2.48. The average Bonchev–Trinajstić information content (AvgIpc) is 2.55. The van der Waals surface area contributed by atoms with Gasteiger partial charge >= 0.3 is 0 Å². The lowest BCUT2D eigenvalue weighted by Crippen LogP contribution is -2.14. The molecule has 21 heavy (non-hydrogen) atoms. The summed E-state index contributed by atoms with van der Waals surface area (Å²) in [4.78, 5) is 4.91. The first-order valence-electron chi connectivity index (χ1n) is 7.03. The number of fused-ring (bicyclic) bond motifs is 2. The van der Waals surface area contributed by atoms with Crippen LogP contribution in [-0.4, -0.2) is 7.05 Å². The zero-order chi connectivity index (χ0) is 14.2. The van der Waals surface area contributed by atoms with Gasteiger partial charge in [0.25, 0.3) is 0 Å². The van der Waals surface area contributed by atoms with E-state index in [0.717, 1.165) is 0 Å². The first-order valence-corrected chi connectivity index (χ1v) is 7.85. The largest absolute Gasteiger partial charge is 0.343 e. The van der Waals surface area contributed by atoms with Gasteiger partial charge in [0.2, 0.25) is 0 Å². The molecule has 3 aromatic carbocycles. The van der Waals surface area contributed by atoms with Crippen LogP contribution in [0.3, 0.4) is 0 Å². The predicted octanol–water partition coefficient (Wildman–Crippen LogP) is 5.59. The number of hydrogen-bond donors (Lipinski definition) is 0. The molecular weight excluding hydrogens is 274 g/mol. The van der Waals surface area contributed by atoms with Crippen LogP contribution < -0.4 is 4.90 Å². The second kappa shape index (κ2) is 4.97. The minimum atomic E-state index is 1.27. The van der Waals surface area contributed by atoms with Gasteiger partial charge in [-0.15, -0.1) is 0 Å². The van der Waals surface area contributed by atoms with Gasteiger partial charge in [-0.1, -0.05) is 60.3 Å². The molecule has 0 saturated heterocycles. The van der Waals surface area contributed by atoms with Crippen LogP contribution in [0.5, 0.6) is 0 Å². The molecule has 0 saturated carbocycles. The van der Waals surface area contributed by atoms with E-state index in [1.165, 1.54) is 32.3 Å². The number of benzene rings is 3. The van der Waals surface area contributed by atoms with Crippen molar-refractivity contribution in [1.29, 1.82) is 0 Å². The van der Waals surface area contributed by atoms with Crippen LogP contribution in [0.25, 0.3) is 11.1 Å². The highest BCUT2D eigenvalue weighted by Gasteiger charge is 2.20. The standard InChI is InChI=1S/C19H15NS/c1-20-16-9-5-6-10-18(16)21-19-13-15(11-12-17(19)20)14-7-3-2-4-8-14/h2-13H,1H3. The fraction of sp³-hybridized carbons (Fsp3) is 0.0526. The maximum atomic E-state index is 2.29. The first-order chi connectivity index (χ1) is 10.3. The molecule has 1 nitrogen and oxygen atoms in total. The van der Waals surface area contributed by atoms with Crippen molar-refractivity contribution in [3.63, 3.8) is 0 Å². The van der Waals surface area contributed by atoms with Gasteiger partial charge in [-0.2, -0.15) is 0 Å². The number of anilines is 2. The molecule has 0 radical (unpaired) electrons. The van der Waals surface area contributed by atoms with Gasteiger partial charge in [-0.05, 0) is 35.4 Å². The van der Waals surface area contributed by atoms with Crippen LogP contribution in [0.15, 0.2) is 82.6 Å². The van der Waals surface area contributed by atoms with E-state index in [9.17, 15) is 0 Å². The number of para-hydroxylation sites is 1. The second-order valence-electron chi connectivity index (χ2n) is 5.18. The van der Waals surface area contributed by atoms with E-state index in [0.29, 0.717) is 0 Å². The van der Waals surface area contributed by atoms with Crippen LogP contribution in [0.2, 0.25) is 0 Å². The summed E-state index contributed by atoms with van der Waals surface area (Å²) < 4.78 is 0. The van der Waals surface area contributed by atoms with Crippen LogP contribution in [-0.2, 0) is 0 Å². The van der Waals surface area contributed by atoms with Crippen molar-refractivity contribution < 1.29 is 0 Å². The molecule has 3 aromatic rings. The minimum absolute atomic E-state index is 1.27. The van der Waals surface area contributed by atoms with Crippen molar-refractivity contribution in [2.75, 3.05) is 11.9 Å². The fourth-order valence-electron chi connectivity index (χ4n) is 2.75. The van der Waals surface area contributed by atoms with Gasteiger partial charge in [-0.3, -0.25) is 0 Å². The summed E-state index contributed by atoms with van der Waals surface area (Å²) in [7, 11) is 2.14. The van der Waals surface area contributed by atoms with Crippen LogP contribution in [0, 0.1) is 0 Å². The third-order valence-electron chi connectivity index (χ3n) is 3.87. The van der Waals surface area contributed by atoms with E-state index >= 15 is 0 Å². The van der Waals surface area contributed by atoms with Crippen LogP contribution >= 0.6 is 11.8 Å². The normalized spacial score (nSPS) is 12.7. The third-order valence-corrected chi connectivity index (χ3v) is 4.99. The van der Waals surface area contributed by atoms with Crippen molar-refractivity contribution in [2.45, 2.75) is 9.79 Å². The molecule has 0 unspecified atom stereocenters. The zero-order valence-corrected chi connectivity index (χ0v) is 12.6. The highest BCUT2D eigenvalue weighted by molar-refractivity contribution is 7.99. The molecule has 1 heterocycles. The smallest absolute Gasteiger partial charge is 0.0550 e. The maximum Gasteiger partial charge on any atom is 0.0550 e. The van der Waals surface area contributed by atoms with Crippen molar-refractivity contribution in [2.24, 2.45) is 0 Å². The van der Waals surface area contributed by atoms with Crippen molar-refractivity contribution >= 4 is 23.1 Å². The molecule has 0 atom stereocenters. The minimum Gasteiger partial charge on any atom is -0.343 e. The number of rotatable bonds is 1. The summed E-state index contributed by atoms with van der Waals surface area (Å²) in [5.74, 6) is 0. The number of nitrogens with zero attached hydrogens (tertiary/aromatic N) is 1. The molecule has 0 spiro atoms. The zero-order valence-electron chi connectivity index (χ0n) is 11.8. The van der Waals surface area contributed by atoms with Gasteiger partial charge in [-0.25, -0.2) is 0 Å². The van der Waals surface area contributed by atoms with Gasteiger partial charge in [0.1, 0.15) is 0 Å². The maximum absolute atomic E-state index is 2.29. The monoisotopic (exact) mass is 289 g/mol. The third kappa shape index (κ3) is 2.12. The van der Waals surface area contributed by atoms with Crippen LogP contribution in [0.4, 0.5) is 11.4 Å². The lowest BCUT2D eigenvalue weighted by molar-refractivity contribution is 1.11. The Hall–Kier alpha value is -2.19. The molecular formula is C19H15NS. The summed E-state index contributed by atoms with van der Waals surface area (Å²) in [6, 6.07) is 25.8. The lowest BCUT2D eigenvalue weighted by Gasteiger charge is -2.29. The fourth-order valence-corrected chi connectivity index (χ4v) is 3.94. The van der Waals surface area contributed by atoms with Gasteiger partial charge < -0.3 is 4.90 Å².